The van der Waals surface area contributed by atoms with Gasteiger partial charge in [-0.1, -0.05) is 92.8 Å². The summed E-state index contributed by atoms with van der Waals surface area (Å²) in [5.41, 5.74) is 0.694. The molecule has 0 nitrogen and oxygen atoms in total. The van der Waals surface area contributed by atoms with E-state index in [1.165, 1.54) is 0 Å². The van der Waals surface area contributed by atoms with Crippen LogP contribution in [0.25, 0.3) is 0 Å². The fourth-order valence-corrected chi connectivity index (χ4v) is 1.01. The average molecular weight is 509 g/mol. The van der Waals surface area contributed by atoms with Gasteiger partial charge in [-0.05, 0) is 0 Å². The Hall–Kier alpha value is 1.55. The summed E-state index contributed by atoms with van der Waals surface area (Å²) in [5.74, 6) is 0. The van der Waals surface area contributed by atoms with E-state index in [9.17, 15) is 0 Å². The Bertz CT molecular complexity index is 210. The van der Waals surface area contributed by atoms with Crippen molar-refractivity contribution in [3.05, 3.63) is 35.9 Å². The summed E-state index contributed by atoms with van der Waals surface area (Å²) in [6.07, 6.45) is 0. The predicted molar refractivity (Wildman–Crippen MR) is 96.4 cm³/mol. The first-order valence-electron chi connectivity index (χ1n) is 4.87. The Morgan fingerprint density at radius 2 is 1.12 bits per heavy atom. The van der Waals surface area contributed by atoms with Crippen LogP contribution in [0.4, 0.5) is 0 Å². The molecule has 0 bridgehead atoms. The van der Waals surface area contributed by atoms with Crippen LogP contribution >= 0.6 is 72.0 Å². The predicted octanol–water partition coefficient (Wildman–Crippen LogP) is 7.34. The highest BCUT2D eigenvalue weighted by molar-refractivity contribution is 15.0. The number of benzene rings is 1. The van der Waals surface area contributed by atoms with Gasteiger partial charge in [-0.25, -0.2) is 0 Å². The standard InChI is InChI=1S/C7H5Cl3.2C2H6.I2/c8-7(9,10)6-4-2-1-3-5-6;3*1-2/h1-5H;2*1-2H3;. The largest absolute Gasteiger partial charge is 0.216 e. The molecule has 1 aromatic carbocycles. The van der Waals surface area contributed by atoms with Crippen LogP contribution in [0.2, 0.25) is 0 Å². The summed E-state index contributed by atoms with van der Waals surface area (Å²) >= 11 is 21.0. The number of rotatable bonds is 0. The molecule has 0 N–H and O–H groups in total. The Morgan fingerprint density at radius 1 is 0.812 bits per heavy atom. The molecule has 0 unspecified atom stereocenters. The van der Waals surface area contributed by atoms with Gasteiger partial charge in [-0.3, -0.25) is 0 Å². The molecule has 0 aliphatic carbocycles. The Kier molecular flexibility index (Phi) is 23.5. The molecule has 0 aromatic heterocycles. The molecule has 0 radical (unpaired) electrons. The molecule has 1 rings (SSSR count). The second-order valence-electron chi connectivity index (χ2n) is 1.86. The SMILES string of the molecule is CC.CC.ClC(Cl)(Cl)c1ccccc1.II. The number of hydrogen-bond donors (Lipinski definition) is 0. The fourth-order valence-electron chi connectivity index (χ4n) is 0.627. The molecular formula is C11H17Cl3I2. The summed E-state index contributed by atoms with van der Waals surface area (Å²) in [4.78, 5) is 0. The van der Waals surface area contributed by atoms with Gasteiger partial charge < -0.3 is 0 Å². The molecule has 0 aliphatic rings. The van der Waals surface area contributed by atoms with Crippen molar-refractivity contribution >= 4 is 72.0 Å². The Labute approximate surface area is 138 Å². The van der Waals surface area contributed by atoms with E-state index in [1.807, 2.05) is 45.9 Å². The molecule has 0 amide bonds. The van der Waals surface area contributed by atoms with E-state index in [0.29, 0.717) is 5.56 Å². The zero-order valence-corrected chi connectivity index (χ0v) is 16.4. The van der Waals surface area contributed by atoms with Gasteiger partial charge in [-0.15, -0.1) is 0 Å². The molecule has 0 heterocycles. The van der Waals surface area contributed by atoms with E-state index in [-0.39, 0.29) is 0 Å². The molecular weight excluding hydrogens is 492 g/mol. The number of alkyl halides is 3. The van der Waals surface area contributed by atoms with Crippen LogP contribution in [0.1, 0.15) is 33.3 Å². The van der Waals surface area contributed by atoms with Gasteiger partial charge in [0.1, 0.15) is 0 Å². The summed E-state index contributed by atoms with van der Waals surface area (Å²) in [5, 5.41) is 0. The van der Waals surface area contributed by atoms with Crippen molar-refractivity contribution < 1.29 is 0 Å². The Morgan fingerprint density at radius 3 is 1.31 bits per heavy atom. The van der Waals surface area contributed by atoms with Crippen molar-refractivity contribution in [1.29, 1.82) is 0 Å². The van der Waals surface area contributed by atoms with Crippen molar-refractivity contribution in [3.63, 3.8) is 0 Å². The van der Waals surface area contributed by atoms with Crippen molar-refractivity contribution in [3.8, 4) is 0 Å². The van der Waals surface area contributed by atoms with Crippen LogP contribution in [-0.4, -0.2) is 0 Å². The quantitative estimate of drug-likeness (QED) is 0.254. The molecule has 0 saturated carbocycles. The van der Waals surface area contributed by atoms with Crippen LogP contribution in [0.15, 0.2) is 30.3 Å². The van der Waals surface area contributed by atoms with E-state index in [0.717, 1.165) is 0 Å². The molecule has 1 aromatic rings. The summed E-state index contributed by atoms with van der Waals surface area (Å²) in [6.45, 7) is 8.00. The maximum Gasteiger partial charge on any atom is 0.216 e. The van der Waals surface area contributed by atoms with E-state index in [4.69, 9.17) is 34.8 Å². The minimum absolute atomic E-state index is 0.694. The average Bonchev–Trinajstić information content (AvgIpc) is 2.37. The van der Waals surface area contributed by atoms with Crippen LogP contribution in [0.3, 0.4) is 0 Å². The van der Waals surface area contributed by atoms with Crippen LogP contribution in [-0.2, 0) is 3.79 Å². The topological polar surface area (TPSA) is 0 Å². The van der Waals surface area contributed by atoms with Gasteiger partial charge in [0.15, 0.2) is 0 Å². The summed E-state index contributed by atoms with van der Waals surface area (Å²) in [7, 11) is 0. The van der Waals surface area contributed by atoms with Crippen molar-refractivity contribution in [2.24, 2.45) is 0 Å². The van der Waals surface area contributed by atoms with E-state index in [1.54, 1.807) is 12.1 Å². The third-order valence-corrected chi connectivity index (χ3v) is 1.76. The smallest absolute Gasteiger partial charge is 0.0784 e. The molecule has 0 fully saturated rings. The number of halogens is 5. The molecule has 96 valence electrons. The zero-order valence-electron chi connectivity index (χ0n) is 9.78. The van der Waals surface area contributed by atoms with E-state index in [2.05, 4.69) is 37.2 Å². The minimum atomic E-state index is -1.29. The van der Waals surface area contributed by atoms with Crippen LogP contribution < -0.4 is 0 Å². The maximum absolute atomic E-state index is 5.59. The van der Waals surface area contributed by atoms with Gasteiger partial charge in [-0.2, -0.15) is 0 Å². The van der Waals surface area contributed by atoms with Crippen molar-refractivity contribution in [2.75, 3.05) is 0 Å². The second-order valence-corrected chi connectivity index (χ2v) is 4.15. The monoisotopic (exact) mass is 508 g/mol. The molecule has 0 spiro atoms. The third kappa shape index (κ3) is 13.6. The highest BCUT2D eigenvalue weighted by atomic mass is 128. The first kappa shape index (κ1) is 22.7. The van der Waals surface area contributed by atoms with Gasteiger partial charge in [0.2, 0.25) is 3.79 Å². The van der Waals surface area contributed by atoms with Crippen molar-refractivity contribution in [2.45, 2.75) is 31.5 Å². The number of hydrogen-bond acceptors (Lipinski definition) is 0. The highest BCUT2D eigenvalue weighted by Gasteiger charge is 2.21. The summed E-state index contributed by atoms with van der Waals surface area (Å²) in [6, 6.07) is 9.08. The lowest BCUT2D eigenvalue weighted by molar-refractivity contribution is 1.24. The minimum Gasteiger partial charge on any atom is -0.0784 e. The third-order valence-electron chi connectivity index (χ3n) is 1.10. The molecule has 5 heteroatoms. The lowest BCUT2D eigenvalue weighted by Gasteiger charge is -2.09. The van der Waals surface area contributed by atoms with E-state index >= 15 is 0 Å². The lowest BCUT2D eigenvalue weighted by atomic mass is 10.2. The second kappa shape index (κ2) is 16.6. The summed E-state index contributed by atoms with van der Waals surface area (Å²) < 4.78 is -1.29. The molecule has 16 heavy (non-hydrogen) atoms. The zero-order chi connectivity index (χ0) is 13.6. The molecule has 0 atom stereocenters. The van der Waals surface area contributed by atoms with Gasteiger partial charge >= 0.3 is 0 Å². The fraction of sp³-hybridized carbons (Fsp3) is 0.455. The first-order valence-corrected chi connectivity index (χ1v) is 12.3. The molecule has 0 saturated heterocycles. The lowest BCUT2D eigenvalue weighted by Crippen LogP contribution is -1.98. The van der Waals surface area contributed by atoms with Crippen LogP contribution in [0.5, 0.6) is 0 Å². The van der Waals surface area contributed by atoms with Crippen molar-refractivity contribution in [1.82, 2.24) is 0 Å². The van der Waals surface area contributed by atoms with Gasteiger partial charge in [0, 0.05) is 42.8 Å². The Balaban J connectivity index is -0.000000245. The normalized spacial score (nSPS) is 8.31. The molecule has 0 aliphatic heterocycles. The van der Waals surface area contributed by atoms with Gasteiger partial charge in [0.25, 0.3) is 0 Å². The highest BCUT2D eigenvalue weighted by Crippen LogP contribution is 2.37. The van der Waals surface area contributed by atoms with E-state index < -0.39 is 3.79 Å². The first-order chi connectivity index (χ1) is 7.61. The maximum atomic E-state index is 5.59. The van der Waals surface area contributed by atoms with Crippen LogP contribution in [0, 0.1) is 0 Å². The van der Waals surface area contributed by atoms with Gasteiger partial charge in [0.05, 0.1) is 0 Å².